The first-order chi connectivity index (χ1) is 15.0. The van der Waals surface area contributed by atoms with Crippen LogP contribution in [0.2, 0.25) is 0 Å². The monoisotopic (exact) mass is 419 g/mol. The van der Waals surface area contributed by atoms with Crippen molar-refractivity contribution in [1.82, 2.24) is 15.0 Å². The van der Waals surface area contributed by atoms with Crippen LogP contribution in [0.25, 0.3) is 17.5 Å². The molecular weight excluding hydrogens is 389 g/mol. The van der Waals surface area contributed by atoms with Gasteiger partial charge in [-0.3, -0.25) is 0 Å². The van der Waals surface area contributed by atoms with Crippen molar-refractivity contribution in [3.05, 3.63) is 77.4 Å². The van der Waals surface area contributed by atoms with Crippen LogP contribution >= 0.6 is 0 Å². The summed E-state index contributed by atoms with van der Waals surface area (Å²) in [7, 11) is 4.22. The Morgan fingerprint density at radius 3 is 2.32 bits per heavy atom. The third kappa shape index (κ3) is 5.28. The van der Waals surface area contributed by atoms with Crippen molar-refractivity contribution in [3.8, 4) is 11.4 Å². The first kappa shape index (κ1) is 21.4. The molecule has 1 fully saturated rings. The topological polar surface area (TPSA) is 42.2 Å². The Hall–Kier alpha value is -2.79. The van der Waals surface area contributed by atoms with Gasteiger partial charge in [-0.15, -0.1) is 0 Å². The molecule has 1 aromatic heterocycles. The van der Waals surface area contributed by atoms with Crippen molar-refractivity contribution in [2.45, 2.75) is 38.6 Å². The van der Waals surface area contributed by atoms with E-state index in [9.17, 15) is 4.39 Å². The van der Waals surface area contributed by atoms with E-state index in [0.717, 1.165) is 31.2 Å². The Labute approximate surface area is 183 Å². The SMILES string of the molecule is Cc1ccc(-c2noc(C=CC3CCC(C(c4ccc(F)cc4)N(C)C)CC3)n2)cc1. The molecule has 162 valence electrons. The molecule has 3 aromatic rings. The first-order valence-electron chi connectivity index (χ1n) is 11.0. The second-order valence-corrected chi connectivity index (χ2v) is 8.82. The van der Waals surface area contributed by atoms with Gasteiger partial charge in [0.05, 0.1) is 0 Å². The second-order valence-electron chi connectivity index (χ2n) is 8.82. The smallest absolute Gasteiger partial charge is 0.250 e. The average molecular weight is 420 g/mol. The summed E-state index contributed by atoms with van der Waals surface area (Å²) in [6, 6.07) is 15.4. The molecule has 0 saturated heterocycles. The van der Waals surface area contributed by atoms with E-state index in [2.05, 4.69) is 42.1 Å². The van der Waals surface area contributed by atoms with Crippen LogP contribution in [0.4, 0.5) is 4.39 Å². The van der Waals surface area contributed by atoms with Gasteiger partial charge in [0.2, 0.25) is 5.82 Å². The van der Waals surface area contributed by atoms with E-state index in [0.29, 0.717) is 29.6 Å². The Balaban J connectivity index is 1.36. The van der Waals surface area contributed by atoms with Crippen LogP contribution in [0, 0.1) is 24.6 Å². The van der Waals surface area contributed by atoms with Crippen LogP contribution in [-0.4, -0.2) is 29.1 Å². The lowest BCUT2D eigenvalue weighted by Crippen LogP contribution is -2.30. The Morgan fingerprint density at radius 2 is 1.68 bits per heavy atom. The summed E-state index contributed by atoms with van der Waals surface area (Å²) in [4.78, 5) is 6.77. The summed E-state index contributed by atoms with van der Waals surface area (Å²) in [5, 5.41) is 4.10. The van der Waals surface area contributed by atoms with Gasteiger partial charge >= 0.3 is 0 Å². The molecule has 1 heterocycles. The van der Waals surface area contributed by atoms with Gasteiger partial charge in [0.15, 0.2) is 0 Å². The van der Waals surface area contributed by atoms with E-state index >= 15 is 0 Å². The Kier molecular flexibility index (Phi) is 6.62. The highest BCUT2D eigenvalue weighted by Crippen LogP contribution is 2.39. The fourth-order valence-corrected chi connectivity index (χ4v) is 4.65. The first-order valence-corrected chi connectivity index (χ1v) is 11.0. The van der Waals surface area contributed by atoms with Crippen LogP contribution in [0.5, 0.6) is 0 Å². The summed E-state index contributed by atoms with van der Waals surface area (Å²) < 4.78 is 18.8. The number of rotatable bonds is 6. The zero-order chi connectivity index (χ0) is 21.8. The molecule has 1 saturated carbocycles. The van der Waals surface area contributed by atoms with Crippen LogP contribution in [0.1, 0.15) is 48.7 Å². The minimum atomic E-state index is -0.179. The van der Waals surface area contributed by atoms with Gasteiger partial charge in [-0.05, 0) is 82.3 Å². The fourth-order valence-electron chi connectivity index (χ4n) is 4.65. The molecule has 1 unspecified atom stereocenters. The van der Waals surface area contributed by atoms with E-state index in [1.807, 2.05) is 42.5 Å². The maximum atomic E-state index is 13.3. The van der Waals surface area contributed by atoms with Crippen molar-refractivity contribution in [1.29, 1.82) is 0 Å². The molecule has 0 N–H and O–H groups in total. The van der Waals surface area contributed by atoms with Crippen molar-refractivity contribution in [2.75, 3.05) is 14.1 Å². The van der Waals surface area contributed by atoms with Gasteiger partial charge < -0.3 is 9.42 Å². The average Bonchev–Trinajstić information content (AvgIpc) is 3.24. The maximum Gasteiger partial charge on any atom is 0.250 e. The highest BCUT2D eigenvalue weighted by atomic mass is 19.1. The van der Waals surface area contributed by atoms with Gasteiger partial charge in [0, 0.05) is 11.6 Å². The normalized spacial score (nSPS) is 20.4. The number of benzene rings is 2. The number of allylic oxidation sites excluding steroid dienone is 1. The summed E-state index contributed by atoms with van der Waals surface area (Å²) in [5.41, 5.74) is 3.36. The van der Waals surface area contributed by atoms with Crippen LogP contribution in [0.3, 0.4) is 0 Å². The maximum absolute atomic E-state index is 13.3. The lowest BCUT2D eigenvalue weighted by molar-refractivity contribution is 0.159. The van der Waals surface area contributed by atoms with Crippen molar-refractivity contribution in [2.24, 2.45) is 11.8 Å². The second kappa shape index (κ2) is 9.56. The molecular formula is C26H30FN3O. The molecule has 2 aromatic carbocycles. The summed E-state index contributed by atoms with van der Waals surface area (Å²) >= 11 is 0. The van der Waals surface area contributed by atoms with Crippen LogP contribution < -0.4 is 0 Å². The molecule has 0 amide bonds. The van der Waals surface area contributed by atoms with Crippen molar-refractivity contribution in [3.63, 3.8) is 0 Å². The quantitative estimate of drug-likeness (QED) is 0.470. The van der Waals surface area contributed by atoms with E-state index in [1.54, 1.807) is 12.1 Å². The Morgan fingerprint density at radius 1 is 1.00 bits per heavy atom. The predicted octanol–water partition coefficient (Wildman–Crippen LogP) is 6.31. The zero-order valence-corrected chi connectivity index (χ0v) is 18.5. The largest absolute Gasteiger partial charge is 0.334 e. The summed E-state index contributed by atoms with van der Waals surface area (Å²) in [6.07, 6.45) is 8.73. The minimum absolute atomic E-state index is 0.179. The molecule has 5 heteroatoms. The summed E-state index contributed by atoms with van der Waals surface area (Å²) in [6.45, 7) is 2.06. The molecule has 1 aliphatic carbocycles. The number of halogens is 1. The molecule has 1 atom stereocenters. The predicted molar refractivity (Wildman–Crippen MR) is 122 cm³/mol. The number of aryl methyl sites for hydroxylation is 1. The van der Waals surface area contributed by atoms with E-state index < -0.39 is 0 Å². The Bertz CT molecular complexity index is 1000. The van der Waals surface area contributed by atoms with Crippen LogP contribution in [0.15, 0.2) is 59.1 Å². The van der Waals surface area contributed by atoms with Gasteiger partial charge in [-0.25, -0.2) is 4.39 Å². The van der Waals surface area contributed by atoms with Gasteiger partial charge in [-0.1, -0.05) is 53.2 Å². The van der Waals surface area contributed by atoms with E-state index in [-0.39, 0.29) is 5.82 Å². The molecule has 0 radical (unpaired) electrons. The molecule has 0 spiro atoms. The van der Waals surface area contributed by atoms with Gasteiger partial charge in [-0.2, -0.15) is 4.98 Å². The number of hydrogen-bond donors (Lipinski definition) is 0. The van der Waals surface area contributed by atoms with Gasteiger partial charge in [0.1, 0.15) is 5.82 Å². The number of nitrogens with zero attached hydrogens (tertiary/aromatic N) is 3. The standard InChI is InChI=1S/C26H30FN3O/c1-18-4-9-22(10-5-18)26-28-24(31-29-26)17-8-19-6-11-20(12-7-19)25(30(2)3)21-13-15-23(27)16-14-21/h4-5,8-10,13-17,19-20,25H,6-7,11-12H2,1-3H3. The molecule has 4 nitrogen and oxygen atoms in total. The van der Waals surface area contributed by atoms with E-state index in [4.69, 9.17) is 4.52 Å². The lowest BCUT2D eigenvalue weighted by Gasteiger charge is -2.37. The molecule has 0 bridgehead atoms. The third-order valence-corrected chi connectivity index (χ3v) is 6.29. The zero-order valence-electron chi connectivity index (χ0n) is 18.5. The highest BCUT2D eigenvalue weighted by Gasteiger charge is 2.29. The van der Waals surface area contributed by atoms with Crippen molar-refractivity contribution >= 4 is 6.08 Å². The molecule has 31 heavy (non-hydrogen) atoms. The van der Waals surface area contributed by atoms with E-state index in [1.165, 1.54) is 11.1 Å². The minimum Gasteiger partial charge on any atom is -0.334 e. The number of hydrogen-bond acceptors (Lipinski definition) is 4. The highest BCUT2D eigenvalue weighted by molar-refractivity contribution is 5.56. The third-order valence-electron chi connectivity index (χ3n) is 6.29. The summed E-state index contributed by atoms with van der Waals surface area (Å²) in [5.74, 6) is 2.08. The lowest BCUT2D eigenvalue weighted by atomic mass is 9.76. The number of aromatic nitrogens is 2. The molecule has 0 aliphatic heterocycles. The fraction of sp³-hybridized carbons (Fsp3) is 0.385. The van der Waals surface area contributed by atoms with Gasteiger partial charge in [0.25, 0.3) is 5.89 Å². The molecule has 4 rings (SSSR count). The van der Waals surface area contributed by atoms with Crippen LogP contribution in [-0.2, 0) is 0 Å². The molecule has 1 aliphatic rings. The van der Waals surface area contributed by atoms with Crippen molar-refractivity contribution < 1.29 is 8.91 Å².